The highest BCUT2D eigenvalue weighted by Gasteiger charge is 2.25. The van der Waals surface area contributed by atoms with Gasteiger partial charge in [0.2, 0.25) is 10.0 Å². The third kappa shape index (κ3) is 5.10. The van der Waals surface area contributed by atoms with E-state index in [1.165, 1.54) is 10.4 Å². The quantitative estimate of drug-likeness (QED) is 0.540. The average molecular weight is 338 g/mol. The van der Waals surface area contributed by atoms with Gasteiger partial charge in [0.15, 0.2) is 5.78 Å². The lowest BCUT2D eigenvalue weighted by Gasteiger charge is -2.26. The number of benzene rings is 1. The number of nitrogens with zero attached hydrogens (tertiary/aromatic N) is 2. The molecule has 0 aliphatic heterocycles. The van der Waals surface area contributed by atoms with Crippen LogP contribution in [0.3, 0.4) is 0 Å². The van der Waals surface area contributed by atoms with Gasteiger partial charge >= 0.3 is 0 Å². The Morgan fingerprint density at radius 2 is 1.91 bits per heavy atom. The van der Waals surface area contributed by atoms with Crippen molar-refractivity contribution in [2.45, 2.75) is 32.4 Å². The third-order valence-corrected chi connectivity index (χ3v) is 5.47. The largest absolute Gasteiger partial charge is 0.383 e. The first-order valence-corrected chi connectivity index (χ1v) is 9.21. The first kappa shape index (κ1) is 19.2. The van der Waals surface area contributed by atoms with Crippen LogP contribution in [0.15, 0.2) is 36.5 Å². The first-order chi connectivity index (χ1) is 10.7. The Morgan fingerprint density at radius 3 is 2.43 bits per heavy atom. The van der Waals surface area contributed by atoms with Crippen LogP contribution in [0.4, 0.5) is 5.69 Å². The summed E-state index contributed by atoms with van der Waals surface area (Å²) in [5.74, 6) is -0.154. The maximum absolute atomic E-state index is 12.5. The van der Waals surface area contributed by atoms with Crippen LogP contribution >= 0.6 is 0 Å². The van der Waals surface area contributed by atoms with Crippen LogP contribution < -0.4 is 4.31 Å². The maximum atomic E-state index is 12.5. The summed E-state index contributed by atoms with van der Waals surface area (Å²) >= 11 is 0. The number of carbonyl (C=O) groups is 1. The average Bonchev–Trinajstić information content (AvgIpc) is 2.49. The van der Waals surface area contributed by atoms with Gasteiger partial charge in [0, 0.05) is 38.5 Å². The SMILES string of the molecule is CCCN(c1cccc(C(=O)/C=C/N(C)C)c1)S(=O)(=O)C(C)C. The van der Waals surface area contributed by atoms with E-state index in [0.717, 1.165) is 0 Å². The van der Waals surface area contributed by atoms with E-state index in [1.54, 1.807) is 49.2 Å². The highest BCUT2D eigenvalue weighted by molar-refractivity contribution is 7.93. The Kier molecular flexibility index (Phi) is 6.81. The molecule has 128 valence electrons. The van der Waals surface area contributed by atoms with Gasteiger partial charge in [-0.05, 0) is 32.4 Å². The molecule has 0 spiro atoms. The van der Waals surface area contributed by atoms with Gasteiger partial charge < -0.3 is 4.90 Å². The molecule has 0 amide bonds. The second kappa shape index (κ2) is 8.15. The lowest BCUT2D eigenvalue weighted by molar-refractivity contribution is 0.104. The lowest BCUT2D eigenvalue weighted by Crippen LogP contribution is -2.37. The molecular weight excluding hydrogens is 312 g/mol. The van der Waals surface area contributed by atoms with Crippen LogP contribution in [-0.2, 0) is 10.0 Å². The number of rotatable bonds is 8. The van der Waals surface area contributed by atoms with Gasteiger partial charge in [-0.3, -0.25) is 9.10 Å². The van der Waals surface area contributed by atoms with Crippen LogP contribution in [0.25, 0.3) is 0 Å². The lowest BCUT2D eigenvalue weighted by atomic mass is 10.1. The molecule has 0 aliphatic carbocycles. The molecule has 0 radical (unpaired) electrons. The van der Waals surface area contributed by atoms with Gasteiger partial charge in [0.25, 0.3) is 0 Å². The Balaban J connectivity index is 3.21. The van der Waals surface area contributed by atoms with Crippen molar-refractivity contribution in [2.75, 3.05) is 24.9 Å². The molecule has 0 atom stereocenters. The number of hydrogen-bond acceptors (Lipinski definition) is 4. The maximum Gasteiger partial charge on any atom is 0.237 e. The zero-order valence-corrected chi connectivity index (χ0v) is 15.3. The standard InChI is InChI=1S/C17H26N2O3S/c1-6-11-19(23(21,22)14(2)3)16-9-7-8-15(13-16)17(20)10-12-18(4)5/h7-10,12-14H,6,11H2,1-5H3/b12-10+. The molecule has 0 aromatic heterocycles. The summed E-state index contributed by atoms with van der Waals surface area (Å²) in [6.45, 7) is 5.64. The summed E-state index contributed by atoms with van der Waals surface area (Å²) in [6, 6.07) is 6.77. The van der Waals surface area contributed by atoms with Gasteiger partial charge in [0.05, 0.1) is 10.9 Å². The van der Waals surface area contributed by atoms with Crippen molar-refractivity contribution in [3.05, 3.63) is 42.1 Å². The summed E-state index contributed by atoms with van der Waals surface area (Å²) in [5, 5.41) is -0.512. The molecule has 0 saturated carbocycles. The van der Waals surface area contributed by atoms with Crippen molar-refractivity contribution in [2.24, 2.45) is 0 Å². The first-order valence-electron chi connectivity index (χ1n) is 7.70. The van der Waals surface area contributed by atoms with E-state index >= 15 is 0 Å². The van der Waals surface area contributed by atoms with Gasteiger partial charge in [0.1, 0.15) is 0 Å². The minimum Gasteiger partial charge on any atom is -0.383 e. The smallest absolute Gasteiger partial charge is 0.237 e. The molecule has 6 heteroatoms. The van der Waals surface area contributed by atoms with Crippen molar-refractivity contribution in [3.63, 3.8) is 0 Å². The Bertz CT molecular complexity index is 664. The van der Waals surface area contributed by atoms with E-state index < -0.39 is 15.3 Å². The molecule has 0 aliphatic rings. The Hall–Kier alpha value is -1.82. The van der Waals surface area contributed by atoms with Gasteiger partial charge in [-0.1, -0.05) is 19.1 Å². The number of sulfonamides is 1. The van der Waals surface area contributed by atoms with Crippen LogP contribution in [0.1, 0.15) is 37.6 Å². The van der Waals surface area contributed by atoms with E-state index in [9.17, 15) is 13.2 Å². The fraction of sp³-hybridized carbons (Fsp3) is 0.471. The Morgan fingerprint density at radius 1 is 1.26 bits per heavy atom. The molecule has 1 aromatic rings. The van der Waals surface area contributed by atoms with Crippen molar-refractivity contribution in [1.82, 2.24) is 4.90 Å². The molecule has 1 aromatic carbocycles. The highest BCUT2D eigenvalue weighted by atomic mass is 32.2. The highest BCUT2D eigenvalue weighted by Crippen LogP contribution is 2.23. The number of anilines is 1. The molecule has 23 heavy (non-hydrogen) atoms. The van der Waals surface area contributed by atoms with Crippen LogP contribution in [0.5, 0.6) is 0 Å². The zero-order valence-electron chi connectivity index (χ0n) is 14.5. The summed E-state index contributed by atoms with van der Waals surface area (Å²) in [7, 11) is 0.237. The predicted molar refractivity (Wildman–Crippen MR) is 95.3 cm³/mol. The zero-order chi connectivity index (χ0) is 17.6. The third-order valence-electron chi connectivity index (χ3n) is 3.27. The molecule has 0 bridgehead atoms. The minimum atomic E-state index is -3.43. The minimum absolute atomic E-state index is 0.154. The molecule has 1 rings (SSSR count). The topological polar surface area (TPSA) is 57.7 Å². The van der Waals surface area contributed by atoms with Crippen LogP contribution in [-0.4, -0.2) is 45.0 Å². The fourth-order valence-corrected chi connectivity index (χ4v) is 3.34. The normalized spacial score (nSPS) is 11.9. The number of ketones is 1. The van der Waals surface area contributed by atoms with Gasteiger partial charge in [-0.15, -0.1) is 0 Å². The summed E-state index contributed by atoms with van der Waals surface area (Å²) in [4.78, 5) is 14.0. The second-order valence-electron chi connectivity index (χ2n) is 5.86. The van der Waals surface area contributed by atoms with Crippen molar-refractivity contribution in [3.8, 4) is 0 Å². The second-order valence-corrected chi connectivity index (χ2v) is 8.27. The molecular formula is C17H26N2O3S. The van der Waals surface area contributed by atoms with E-state index in [-0.39, 0.29) is 5.78 Å². The van der Waals surface area contributed by atoms with E-state index in [1.807, 2.05) is 21.0 Å². The van der Waals surface area contributed by atoms with Crippen molar-refractivity contribution < 1.29 is 13.2 Å². The van der Waals surface area contributed by atoms with E-state index in [0.29, 0.717) is 24.2 Å². The van der Waals surface area contributed by atoms with Gasteiger partial charge in [-0.2, -0.15) is 0 Å². The fourth-order valence-electron chi connectivity index (χ4n) is 1.99. The molecule has 0 heterocycles. The number of allylic oxidation sites excluding steroid dienone is 1. The van der Waals surface area contributed by atoms with E-state index in [2.05, 4.69) is 0 Å². The van der Waals surface area contributed by atoms with E-state index in [4.69, 9.17) is 0 Å². The molecule has 0 saturated heterocycles. The molecule has 0 unspecified atom stereocenters. The summed E-state index contributed by atoms with van der Waals surface area (Å²) in [6.07, 6.45) is 3.84. The number of carbonyl (C=O) groups excluding carboxylic acids is 1. The van der Waals surface area contributed by atoms with Crippen molar-refractivity contribution >= 4 is 21.5 Å². The molecule has 0 fully saturated rings. The monoisotopic (exact) mass is 338 g/mol. The Labute approximate surface area is 139 Å². The molecule has 0 N–H and O–H groups in total. The summed E-state index contributed by atoms with van der Waals surface area (Å²) in [5.41, 5.74) is 1.00. The number of hydrogen-bond donors (Lipinski definition) is 0. The van der Waals surface area contributed by atoms with Crippen LogP contribution in [0.2, 0.25) is 0 Å². The van der Waals surface area contributed by atoms with Crippen molar-refractivity contribution in [1.29, 1.82) is 0 Å². The van der Waals surface area contributed by atoms with Gasteiger partial charge in [-0.25, -0.2) is 8.42 Å². The summed E-state index contributed by atoms with van der Waals surface area (Å²) < 4.78 is 26.5. The molecule has 5 nitrogen and oxygen atoms in total. The predicted octanol–water partition coefficient (Wildman–Crippen LogP) is 2.90. The van der Waals surface area contributed by atoms with Crippen LogP contribution in [0, 0.1) is 0 Å².